The van der Waals surface area contributed by atoms with E-state index in [1.54, 1.807) is 0 Å². The van der Waals surface area contributed by atoms with Crippen molar-refractivity contribution in [2.45, 2.75) is 22.1 Å². The molecule has 170 valence electrons. The molecule has 2 heterocycles. The van der Waals surface area contributed by atoms with Crippen molar-refractivity contribution in [1.29, 1.82) is 0 Å². The number of rotatable bonds is 4. The first kappa shape index (κ1) is 22.5. The highest BCUT2D eigenvalue weighted by molar-refractivity contribution is 14.1. The normalized spacial score (nSPS) is 26.7. The zero-order valence-corrected chi connectivity index (χ0v) is 21.0. The Hall–Kier alpha value is -2.29. The van der Waals surface area contributed by atoms with E-state index in [-0.39, 0.29) is 28.1 Å². The van der Waals surface area contributed by atoms with Gasteiger partial charge in [-0.2, -0.15) is 0 Å². The molecular formula is C26H24ClIN2O3. The third kappa shape index (κ3) is 4.20. The number of fused-ring (bicyclic) bond motifs is 1. The van der Waals surface area contributed by atoms with Crippen molar-refractivity contribution in [2.75, 3.05) is 23.6 Å². The Bertz CT molecular complexity index is 1100. The summed E-state index contributed by atoms with van der Waals surface area (Å²) < 4.78 is 5.53. The zero-order chi connectivity index (χ0) is 22.9. The van der Waals surface area contributed by atoms with Crippen LogP contribution < -0.4 is 9.96 Å². The molecule has 5 atom stereocenters. The Morgan fingerprint density at radius 1 is 0.970 bits per heavy atom. The molecule has 0 spiro atoms. The molecule has 0 aromatic heterocycles. The number of hydrogen-bond acceptors (Lipinski definition) is 5. The molecule has 0 unspecified atom stereocenters. The fourth-order valence-corrected chi connectivity index (χ4v) is 6.23. The summed E-state index contributed by atoms with van der Waals surface area (Å²) in [4.78, 5) is 22.2. The maximum atomic E-state index is 13.3. The molecule has 3 aromatic rings. The Morgan fingerprint density at radius 2 is 1.58 bits per heavy atom. The lowest BCUT2D eigenvalue weighted by Crippen LogP contribution is -2.56. The number of carbonyl (C=O) groups is 1. The molecule has 0 radical (unpaired) electrons. The molecule has 33 heavy (non-hydrogen) atoms. The van der Waals surface area contributed by atoms with Gasteiger partial charge in [0, 0.05) is 10.7 Å². The van der Waals surface area contributed by atoms with Crippen LogP contribution in [0.1, 0.15) is 11.6 Å². The van der Waals surface area contributed by atoms with Crippen LogP contribution in [-0.4, -0.2) is 35.7 Å². The lowest BCUT2D eigenvalue weighted by atomic mass is 9.90. The van der Waals surface area contributed by atoms with Crippen molar-refractivity contribution in [2.24, 2.45) is 5.92 Å². The van der Waals surface area contributed by atoms with E-state index in [0.717, 1.165) is 16.9 Å². The molecule has 0 bridgehead atoms. The SMILES string of the molecule is COC(=O)[C@H]1[C@@H]2ON(c3ccccc3)C[C@@H](I)[C@@H]2N(c2ccccc2)[C@H]1c1ccc(Cl)cc1. The van der Waals surface area contributed by atoms with Crippen LogP contribution >= 0.6 is 34.2 Å². The molecule has 2 aliphatic heterocycles. The van der Waals surface area contributed by atoms with Gasteiger partial charge in [0.15, 0.2) is 0 Å². The first-order valence-corrected chi connectivity index (χ1v) is 12.5. The smallest absolute Gasteiger partial charge is 0.313 e. The third-order valence-electron chi connectivity index (χ3n) is 6.39. The van der Waals surface area contributed by atoms with Gasteiger partial charge in [0.25, 0.3) is 0 Å². The summed E-state index contributed by atoms with van der Waals surface area (Å²) in [6, 6.07) is 27.7. The first-order chi connectivity index (χ1) is 16.1. The van der Waals surface area contributed by atoms with E-state index >= 15 is 0 Å². The molecule has 0 amide bonds. The van der Waals surface area contributed by atoms with Gasteiger partial charge >= 0.3 is 5.97 Å². The molecule has 2 fully saturated rings. The van der Waals surface area contributed by atoms with E-state index in [0.29, 0.717) is 11.6 Å². The van der Waals surface area contributed by atoms with Gasteiger partial charge in [-0.05, 0) is 42.0 Å². The molecule has 2 saturated heterocycles. The fraction of sp³-hybridized carbons (Fsp3) is 0.269. The summed E-state index contributed by atoms with van der Waals surface area (Å²) in [7, 11) is 1.45. The lowest BCUT2D eigenvalue weighted by molar-refractivity contribution is -0.152. The monoisotopic (exact) mass is 574 g/mol. The maximum Gasteiger partial charge on any atom is 0.313 e. The summed E-state index contributed by atoms with van der Waals surface area (Å²) >= 11 is 8.69. The summed E-state index contributed by atoms with van der Waals surface area (Å²) in [5, 5.41) is 2.58. The van der Waals surface area contributed by atoms with Crippen LogP contribution in [0.2, 0.25) is 5.02 Å². The number of alkyl halides is 1. The molecule has 0 N–H and O–H groups in total. The Balaban J connectivity index is 1.63. The van der Waals surface area contributed by atoms with Crippen molar-refractivity contribution in [3.8, 4) is 0 Å². The number of hydroxylamine groups is 1. The number of benzene rings is 3. The number of nitrogens with zero attached hydrogens (tertiary/aromatic N) is 2. The molecule has 5 nitrogen and oxygen atoms in total. The van der Waals surface area contributed by atoms with E-state index in [4.69, 9.17) is 21.2 Å². The van der Waals surface area contributed by atoms with Gasteiger partial charge < -0.3 is 9.64 Å². The topological polar surface area (TPSA) is 42.0 Å². The van der Waals surface area contributed by atoms with E-state index < -0.39 is 5.92 Å². The van der Waals surface area contributed by atoms with E-state index in [1.165, 1.54) is 7.11 Å². The predicted molar refractivity (Wildman–Crippen MR) is 139 cm³/mol. The summed E-state index contributed by atoms with van der Waals surface area (Å²) in [5.74, 6) is -0.785. The van der Waals surface area contributed by atoms with Gasteiger partial charge in [-0.25, -0.2) is 0 Å². The lowest BCUT2D eigenvalue weighted by Gasteiger charge is -2.43. The van der Waals surface area contributed by atoms with Gasteiger partial charge in [-0.15, -0.1) is 0 Å². The molecule has 3 aromatic carbocycles. The van der Waals surface area contributed by atoms with Crippen LogP contribution in [0.15, 0.2) is 84.9 Å². The highest BCUT2D eigenvalue weighted by Crippen LogP contribution is 2.50. The highest BCUT2D eigenvalue weighted by Gasteiger charge is 2.59. The minimum Gasteiger partial charge on any atom is -0.469 e. The van der Waals surface area contributed by atoms with Gasteiger partial charge in [0.1, 0.15) is 12.0 Å². The van der Waals surface area contributed by atoms with Gasteiger partial charge in [-0.3, -0.25) is 14.7 Å². The second-order valence-corrected chi connectivity index (χ2v) is 10.3. The average molecular weight is 575 g/mol. The minimum atomic E-state index is -0.509. The van der Waals surface area contributed by atoms with Crippen LogP contribution in [0.3, 0.4) is 0 Å². The molecule has 7 heteroatoms. The number of halogens is 2. The molecule has 0 aliphatic carbocycles. The fourth-order valence-electron chi connectivity index (χ4n) is 4.99. The van der Waals surface area contributed by atoms with Crippen molar-refractivity contribution in [3.63, 3.8) is 0 Å². The van der Waals surface area contributed by atoms with E-state index in [9.17, 15) is 4.79 Å². The molecule has 0 saturated carbocycles. The van der Waals surface area contributed by atoms with Crippen LogP contribution in [0.5, 0.6) is 0 Å². The predicted octanol–water partition coefficient (Wildman–Crippen LogP) is 5.68. The van der Waals surface area contributed by atoms with Gasteiger partial charge in [-0.1, -0.05) is 82.7 Å². The van der Waals surface area contributed by atoms with Crippen LogP contribution in [0.4, 0.5) is 11.4 Å². The Kier molecular flexibility index (Phi) is 6.49. The summed E-state index contributed by atoms with van der Waals surface area (Å²) in [5.41, 5.74) is 3.03. The first-order valence-electron chi connectivity index (χ1n) is 10.9. The average Bonchev–Trinajstić information content (AvgIpc) is 3.21. The second-order valence-electron chi connectivity index (χ2n) is 8.26. The summed E-state index contributed by atoms with van der Waals surface area (Å²) in [6.45, 7) is 0.705. The van der Waals surface area contributed by atoms with Crippen molar-refractivity contribution in [1.82, 2.24) is 0 Å². The molecule has 5 rings (SSSR count). The van der Waals surface area contributed by atoms with Crippen molar-refractivity contribution >= 4 is 51.5 Å². The standard InChI is InChI=1S/C26H24ClIN2O3/c1-32-26(31)22-23(17-12-14-18(27)15-13-17)30(20-10-6-3-7-11-20)24-21(28)16-29(33-25(22)24)19-8-4-2-5-9-19/h2-15,21-25H,16H2,1H3/t21-,22-,23+,24+,25+/m1/s1. The zero-order valence-electron chi connectivity index (χ0n) is 18.1. The molecule has 2 aliphatic rings. The van der Waals surface area contributed by atoms with E-state index in [1.807, 2.05) is 77.9 Å². The largest absolute Gasteiger partial charge is 0.469 e. The quantitative estimate of drug-likeness (QED) is 0.228. The number of esters is 1. The van der Waals surface area contributed by atoms with Gasteiger partial charge in [0.05, 0.1) is 35.4 Å². The number of ether oxygens (including phenoxy) is 1. The Labute approximate surface area is 212 Å². The number of anilines is 2. The maximum absolute atomic E-state index is 13.3. The minimum absolute atomic E-state index is 0.0160. The molecular weight excluding hydrogens is 551 g/mol. The highest BCUT2D eigenvalue weighted by atomic mass is 127. The Morgan fingerprint density at radius 3 is 2.18 bits per heavy atom. The number of carbonyl (C=O) groups excluding carboxylic acids is 1. The van der Waals surface area contributed by atoms with Crippen LogP contribution in [0.25, 0.3) is 0 Å². The van der Waals surface area contributed by atoms with E-state index in [2.05, 4.69) is 39.6 Å². The van der Waals surface area contributed by atoms with Crippen LogP contribution in [-0.2, 0) is 14.4 Å². The number of hydrogen-bond donors (Lipinski definition) is 0. The summed E-state index contributed by atoms with van der Waals surface area (Å²) in [6.07, 6.45) is -0.380. The van der Waals surface area contributed by atoms with Crippen LogP contribution in [0, 0.1) is 5.92 Å². The van der Waals surface area contributed by atoms with Gasteiger partial charge in [0.2, 0.25) is 0 Å². The third-order valence-corrected chi connectivity index (χ3v) is 7.78. The second kappa shape index (κ2) is 9.52. The number of methoxy groups -OCH3 is 1. The number of para-hydroxylation sites is 2. The van der Waals surface area contributed by atoms with Crippen molar-refractivity contribution < 1.29 is 14.4 Å². The van der Waals surface area contributed by atoms with Crippen molar-refractivity contribution in [3.05, 3.63) is 95.5 Å².